The summed E-state index contributed by atoms with van der Waals surface area (Å²) >= 11 is 0. The van der Waals surface area contributed by atoms with Gasteiger partial charge in [0.05, 0.1) is 19.3 Å². The van der Waals surface area contributed by atoms with Crippen molar-refractivity contribution >= 4 is 5.97 Å². The van der Waals surface area contributed by atoms with Gasteiger partial charge in [0.2, 0.25) is 0 Å². The lowest BCUT2D eigenvalue weighted by atomic mass is 10.3. The fourth-order valence-corrected chi connectivity index (χ4v) is 0.813. The van der Waals surface area contributed by atoms with Gasteiger partial charge in [-0.15, -0.1) is 0 Å². The molecule has 0 spiro atoms. The number of rotatable bonds is 7. The van der Waals surface area contributed by atoms with Gasteiger partial charge < -0.3 is 19.7 Å². The van der Waals surface area contributed by atoms with Crippen LogP contribution in [0.1, 0.15) is 40.5 Å². The van der Waals surface area contributed by atoms with Crippen LogP contribution < -0.4 is 0 Å². The molecule has 0 aromatic carbocycles. The summed E-state index contributed by atoms with van der Waals surface area (Å²) < 4.78 is 10.1. The predicted octanol–water partition coefficient (Wildman–Crippen LogP) is 1.11. The molecule has 0 saturated heterocycles. The molecule has 0 rings (SSSR count). The number of esters is 1. The van der Waals surface area contributed by atoms with Crippen molar-refractivity contribution in [2.45, 2.75) is 52.7 Å². The molecule has 0 heterocycles. The van der Waals surface area contributed by atoms with Crippen molar-refractivity contribution in [2.75, 3.05) is 19.8 Å². The van der Waals surface area contributed by atoms with Crippen LogP contribution in [-0.4, -0.2) is 48.2 Å². The second-order valence-corrected chi connectivity index (χ2v) is 3.88. The maximum atomic E-state index is 10.5. The van der Waals surface area contributed by atoms with E-state index in [1.54, 1.807) is 0 Å². The molecule has 5 heteroatoms. The standard InChI is InChI=1S/C9H18O3.C3H8O2/c1-4-5-6-11-7-8(2)12-9(3)10;1-3(5)2-4/h8H,4-7H2,1-3H3;3-5H,2H2,1H3. The fourth-order valence-electron chi connectivity index (χ4n) is 0.813. The van der Waals surface area contributed by atoms with Crippen LogP contribution in [0.25, 0.3) is 0 Å². The SMILES string of the molecule is CC(O)CO.CCCCOCC(C)OC(C)=O. The summed E-state index contributed by atoms with van der Waals surface area (Å²) in [6, 6.07) is 0. The van der Waals surface area contributed by atoms with Gasteiger partial charge in [-0.25, -0.2) is 0 Å². The van der Waals surface area contributed by atoms with Crippen LogP contribution in [0, 0.1) is 0 Å². The zero-order valence-corrected chi connectivity index (χ0v) is 11.3. The maximum absolute atomic E-state index is 10.5. The quantitative estimate of drug-likeness (QED) is 0.523. The number of hydrogen-bond donors (Lipinski definition) is 2. The number of carbonyl (C=O) groups is 1. The average molecular weight is 250 g/mol. The maximum Gasteiger partial charge on any atom is 0.302 e. The molecular formula is C12H26O5. The zero-order chi connectivity index (χ0) is 13.7. The summed E-state index contributed by atoms with van der Waals surface area (Å²) in [4.78, 5) is 10.5. The molecule has 17 heavy (non-hydrogen) atoms. The van der Waals surface area contributed by atoms with E-state index in [0.29, 0.717) is 6.61 Å². The van der Waals surface area contributed by atoms with Gasteiger partial charge in [0, 0.05) is 13.5 Å². The molecule has 0 aliphatic carbocycles. The highest BCUT2D eigenvalue weighted by Gasteiger charge is 2.03. The fraction of sp³-hybridized carbons (Fsp3) is 0.917. The van der Waals surface area contributed by atoms with Crippen LogP contribution in [0.4, 0.5) is 0 Å². The van der Waals surface area contributed by atoms with E-state index in [-0.39, 0.29) is 18.7 Å². The summed E-state index contributed by atoms with van der Waals surface area (Å²) in [7, 11) is 0. The Morgan fingerprint density at radius 1 is 1.35 bits per heavy atom. The first kappa shape index (κ1) is 18.7. The van der Waals surface area contributed by atoms with Crippen LogP contribution in [0.15, 0.2) is 0 Å². The molecule has 0 aliphatic rings. The molecule has 0 bridgehead atoms. The van der Waals surface area contributed by atoms with Crippen LogP contribution in [0.2, 0.25) is 0 Å². The van der Waals surface area contributed by atoms with Crippen LogP contribution in [-0.2, 0) is 14.3 Å². The minimum absolute atomic E-state index is 0.126. The van der Waals surface area contributed by atoms with Crippen LogP contribution >= 0.6 is 0 Å². The van der Waals surface area contributed by atoms with E-state index in [1.165, 1.54) is 13.8 Å². The van der Waals surface area contributed by atoms with Crippen LogP contribution in [0.5, 0.6) is 0 Å². The third-order valence-electron chi connectivity index (χ3n) is 1.63. The molecular weight excluding hydrogens is 224 g/mol. The number of unbranched alkanes of at least 4 members (excludes halogenated alkanes) is 1. The second kappa shape index (κ2) is 13.4. The van der Waals surface area contributed by atoms with E-state index in [9.17, 15) is 4.79 Å². The Hall–Kier alpha value is -0.650. The Morgan fingerprint density at radius 2 is 1.88 bits per heavy atom. The molecule has 0 fully saturated rings. The molecule has 2 N–H and O–H groups in total. The number of aliphatic hydroxyl groups is 2. The predicted molar refractivity (Wildman–Crippen MR) is 65.7 cm³/mol. The monoisotopic (exact) mass is 250 g/mol. The summed E-state index contributed by atoms with van der Waals surface area (Å²) in [6.45, 7) is 7.98. The Morgan fingerprint density at radius 3 is 2.24 bits per heavy atom. The first-order valence-electron chi connectivity index (χ1n) is 5.97. The lowest BCUT2D eigenvalue weighted by molar-refractivity contribution is -0.148. The van der Waals surface area contributed by atoms with Crippen molar-refractivity contribution in [1.82, 2.24) is 0 Å². The van der Waals surface area contributed by atoms with Gasteiger partial charge in [-0.3, -0.25) is 4.79 Å². The molecule has 104 valence electrons. The largest absolute Gasteiger partial charge is 0.460 e. The molecule has 0 saturated carbocycles. The number of aliphatic hydroxyl groups excluding tert-OH is 2. The third-order valence-corrected chi connectivity index (χ3v) is 1.63. The molecule has 2 atom stereocenters. The molecule has 0 aromatic rings. The van der Waals surface area contributed by atoms with Crippen LogP contribution in [0.3, 0.4) is 0 Å². The first-order chi connectivity index (χ1) is 7.93. The van der Waals surface area contributed by atoms with Gasteiger partial charge in [-0.1, -0.05) is 13.3 Å². The highest BCUT2D eigenvalue weighted by atomic mass is 16.6. The number of hydrogen-bond acceptors (Lipinski definition) is 5. The van der Waals surface area contributed by atoms with E-state index in [4.69, 9.17) is 19.7 Å². The van der Waals surface area contributed by atoms with Crippen molar-refractivity contribution in [3.63, 3.8) is 0 Å². The van der Waals surface area contributed by atoms with E-state index in [1.807, 2.05) is 6.92 Å². The van der Waals surface area contributed by atoms with E-state index >= 15 is 0 Å². The molecule has 2 unspecified atom stereocenters. The van der Waals surface area contributed by atoms with Gasteiger partial charge in [0.15, 0.2) is 0 Å². The molecule has 0 amide bonds. The Kier molecular flexibility index (Phi) is 14.8. The summed E-state index contributed by atoms with van der Waals surface area (Å²) in [6.07, 6.45) is 1.50. The van der Waals surface area contributed by atoms with Crippen molar-refractivity contribution < 1.29 is 24.5 Å². The Balaban J connectivity index is 0. The summed E-state index contributed by atoms with van der Waals surface area (Å²) in [5.74, 6) is -0.249. The van der Waals surface area contributed by atoms with Gasteiger partial charge in [0.25, 0.3) is 0 Å². The van der Waals surface area contributed by atoms with Crippen molar-refractivity contribution in [1.29, 1.82) is 0 Å². The Bertz CT molecular complexity index is 170. The zero-order valence-electron chi connectivity index (χ0n) is 11.3. The van der Waals surface area contributed by atoms with Gasteiger partial charge in [-0.2, -0.15) is 0 Å². The average Bonchev–Trinajstić information content (AvgIpc) is 2.24. The minimum Gasteiger partial charge on any atom is -0.460 e. The lowest BCUT2D eigenvalue weighted by Crippen LogP contribution is -2.18. The molecule has 0 aliphatic heterocycles. The van der Waals surface area contributed by atoms with Crippen molar-refractivity contribution in [3.8, 4) is 0 Å². The highest BCUT2D eigenvalue weighted by Crippen LogP contribution is 1.94. The van der Waals surface area contributed by atoms with Crippen molar-refractivity contribution in [2.24, 2.45) is 0 Å². The Labute approximate surface area is 104 Å². The van der Waals surface area contributed by atoms with E-state index in [2.05, 4.69) is 6.92 Å². The van der Waals surface area contributed by atoms with Gasteiger partial charge >= 0.3 is 5.97 Å². The summed E-state index contributed by atoms with van der Waals surface area (Å²) in [5, 5.41) is 16.0. The normalized spacial score (nSPS) is 13.3. The highest BCUT2D eigenvalue weighted by molar-refractivity contribution is 5.66. The lowest BCUT2D eigenvalue weighted by Gasteiger charge is -2.11. The molecule has 0 aromatic heterocycles. The third kappa shape index (κ3) is 21.2. The summed E-state index contributed by atoms with van der Waals surface area (Å²) in [5.41, 5.74) is 0. The van der Waals surface area contributed by atoms with E-state index < -0.39 is 6.10 Å². The molecule has 0 radical (unpaired) electrons. The topological polar surface area (TPSA) is 76.0 Å². The number of ether oxygens (including phenoxy) is 2. The smallest absolute Gasteiger partial charge is 0.302 e. The second-order valence-electron chi connectivity index (χ2n) is 3.88. The van der Waals surface area contributed by atoms with E-state index in [0.717, 1.165) is 19.4 Å². The van der Waals surface area contributed by atoms with Crippen molar-refractivity contribution in [3.05, 3.63) is 0 Å². The van der Waals surface area contributed by atoms with Gasteiger partial charge in [-0.05, 0) is 20.3 Å². The first-order valence-corrected chi connectivity index (χ1v) is 5.97. The molecule has 5 nitrogen and oxygen atoms in total. The number of carbonyl (C=O) groups excluding carboxylic acids is 1. The minimum atomic E-state index is -0.560. The van der Waals surface area contributed by atoms with Gasteiger partial charge in [0.1, 0.15) is 6.10 Å².